The molecular weight excluding hydrogens is 216 g/mol. The highest BCUT2D eigenvalue weighted by Crippen LogP contribution is 2.11. The lowest BCUT2D eigenvalue weighted by Gasteiger charge is -2.18. The van der Waals surface area contributed by atoms with Crippen LogP contribution in [0, 0.1) is 0 Å². The first-order valence-corrected chi connectivity index (χ1v) is 5.92. The van der Waals surface area contributed by atoms with Crippen molar-refractivity contribution in [3.63, 3.8) is 0 Å². The van der Waals surface area contributed by atoms with Gasteiger partial charge in [0, 0.05) is 12.2 Å². The molecule has 0 radical (unpaired) electrons. The zero-order valence-corrected chi connectivity index (χ0v) is 10.4. The summed E-state index contributed by atoms with van der Waals surface area (Å²) in [7, 11) is 0. The number of benzene rings is 1. The van der Waals surface area contributed by atoms with Gasteiger partial charge < -0.3 is 10.4 Å². The van der Waals surface area contributed by atoms with Crippen LogP contribution in [0.4, 0.5) is 5.69 Å². The molecule has 0 fully saturated rings. The predicted octanol–water partition coefficient (Wildman–Crippen LogP) is 2.02. The largest absolute Gasteiger partial charge is 0.480 e. The van der Waals surface area contributed by atoms with Crippen molar-refractivity contribution in [3.8, 4) is 0 Å². The third-order valence-corrected chi connectivity index (χ3v) is 2.70. The molecule has 0 aliphatic heterocycles. The third-order valence-electron chi connectivity index (χ3n) is 2.70. The molecule has 1 rings (SSSR count). The fourth-order valence-corrected chi connectivity index (χ4v) is 1.61. The van der Waals surface area contributed by atoms with Crippen LogP contribution in [0.2, 0.25) is 0 Å². The van der Waals surface area contributed by atoms with Gasteiger partial charge in [-0.05, 0) is 30.8 Å². The molecule has 0 saturated carbocycles. The van der Waals surface area contributed by atoms with Gasteiger partial charge in [0.15, 0.2) is 0 Å². The molecule has 0 aliphatic rings. The molecule has 0 aliphatic carbocycles. The highest BCUT2D eigenvalue weighted by Gasteiger charge is 2.01. The molecule has 0 atom stereocenters. The number of aliphatic carboxylic acids is 1. The Balaban J connectivity index is 2.52. The number of carboxylic acid groups (broad SMARTS) is 1. The number of carboxylic acids is 1. The number of anilines is 1. The van der Waals surface area contributed by atoms with E-state index in [1.165, 1.54) is 5.56 Å². The van der Waals surface area contributed by atoms with Crippen LogP contribution in [0.15, 0.2) is 24.3 Å². The van der Waals surface area contributed by atoms with E-state index >= 15 is 0 Å². The maximum atomic E-state index is 10.4. The first-order chi connectivity index (χ1) is 8.15. The van der Waals surface area contributed by atoms with Crippen molar-refractivity contribution in [1.82, 2.24) is 4.90 Å². The first kappa shape index (κ1) is 13.5. The van der Waals surface area contributed by atoms with E-state index in [0.717, 1.165) is 25.3 Å². The number of rotatable bonds is 7. The summed E-state index contributed by atoms with van der Waals surface area (Å²) in [6.07, 6.45) is 0. The van der Waals surface area contributed by atoms with Crippen molar-refractivity contribution in [2.24, 2.45) is 0 Å². The molecule has 0 bridgehead atoms. The number of hydrogen-bond acceptors (Lipinski definition) is 3. The van der Waals surface area contributed by atoms with Crippen LogP contribution >= 0.6 is 0 Å². The summed E-state index contributed by atoms with van der Waals surface area (Å²) in [5.41, 5.74) is 2.09. The van der Waals surface area contributed by atoms with Gasteiger partial charge in [0.2, 0.25) is 0 Å². The number of nitrogens with one attached hydrogen (secondary N) is 1. The molecule has 94 valence electrons. The molecule has 4 heteroatoms. The van der Waals surface area contributed by atoms with Gasteiger partial charge in [0.1, 0.15) is 6.54 Å². The molecule has 0 spiro atoms. The van der Waals surface area contributed by atoms with Crippen LogP contribution in [0.1, 0.15) is 19.4 Å². The van der Waals surface area contributed by atoms with Gasteiger partial charge in [-0.1, -0.05) is 26.0 Å². The second-order valence-electron chi connectivity index (χ2n) is 3.91. The zero-order chi connectivity index (χ0) is 12.7. The van der Waals surface area contributed by atoms with Gasteiger partial charge in [-0.15, -0.1) is 0 Å². The quantitative estimate of drug-likeness (QED) is 0.760. The van der Waals surface area contributed by atoms with Gasteiger partial charge in [0.25, 0.3) is 0 Å². The van der Waals surface area contributed by atoms with Crippen molar-refractivity contribution in [3.05, 3.63) is 29.8 Å². The van der Waals surface area contributed by atoms with Crippen molar-refractivity contribution in [2.45, 2.75) is 20.4 Å². The van der Waals surface area contributed by atoms with Crippen LogP contribution in [-0.4, -0.2) is 35.6 Å². The highest BCUT2D eigenvalue weighted by molar-refractivity contribution is 5.72. The van der Waals surface area contributed by atoms with Gasteiger partial charge >= 0.3 is 5.97 Å². The molecule has 0 unspecified atom stereocenters. The second-order valence-corrected chi connectivity index (χ2v) is 3.91. The Bertz CT molecular complexity index is 345. The monoisotopic (exact) mass is 236 g/mol. The first-order valence-electron chi connectivity index (χ1n) is 5.92. The van der Waals surface area contributed by atoms with E-state index in [0.29, 0.717) is 0 Å². The van der Waals surface area contributed by atoms with Crippen LogP contribution in [0.3, 0.4) is 0 Å². The fraction of sp³-hybridized carbons (Fsp3) is 0.462. The normalized spacial score (nSPS) is 10.5. The van der Waals surface area contributed by atoms with Gasteiger partial charge in [-0.3, -0.25) is 9.69 Å². The smallest absolute Gasteiger partial charge is 0.322 e. The van der Waals surface area contributed by atoms with Crippen molar-refractivity contribution < 1.29 is 9.90 Å². The molecule has 1 aromatic carbocycles. The van der Waals surface area contributed by atoms with E-state index < -0.39 is 5.97 Å². The second kappa shape index (κ2) is 6.91. The minimum absolute atomic E-state index is 0.0462. The molecule has 4 nitrogen and oxygen atoms in total. The van der Waals surface area contributed by atoms with Gasteiger partial charge in [0.05, 0.1) is 0 Å². The minimum Gasteiger partial charge on any atom is -0.480 e. The van der Waals surface area contributed by atoms with Crippen LogP contribution in [0.5, 0.6) is 0 Å². The topological polar surface area (TPSA) is 52.6 Å². The van der Waals surface area contributed by atoms with Crippen LogP contribution < -0.4 is 5.32 Å². The summed E-state index contributed by atoms with van der Waals surface area (Å²) in [4.78, 5) is 12.7. The van der Waals surface area contributed by atoms with Crippen LogP contribution in [-0.2, 0) is 11.3 Å². The molecule has 0 amide bonds. The maximum absolute atomic E-state index is 10.4. The Morgan fingerprint density at radius 1 is 1.24 bits per heavy atom. The number of hydrogen-bond donors (Lipinski definition) is 2. The lowest BCUT2D eigenvalue weighted by Crippen LogP contribution is -2.22. The van der Waals surface area contributed by atoms with E-state index in [1.54, 1.807) is 0 Å². The Kier molecular flexibility index (Phi) is 5.49. The average molecular weight is 236 g/mol. The molecule has 1 aromatic rings. The molecule has 17 heavy (non-hydrogen) atoms. The summed E-state index contributed by atoms with van der Waals surface area (Å²) in [6, 6.07) is 7.90. The fourth-order valence-electron chi connectivity index (χ4n) is 1.61. The van der Waals surface area contributed by atoms with E-state index in [-0.39, 0.29) is 6.54 Å². The van der Waals surface area contributed by atoms with Crippen LogP contribution in [0.25, 0.3) is 0 Å². The third kappa shape index (κ3) is 4.87. The summed E-state index contributed by atoms with van der Waals surface area (Å²) in [5.74, 6) is -0.850. The van der Waals surface area contributed by atoms with Crippen molar-refractivity contribution >= 4 is 11.7 Å². The molecule has 2 N–H and O–H groups in total. The Morgan fingerprint density at radius 3 is 2.29 bits per heavy atom. The molecular formula is C13H20N2O2. The zero-order valence-electron chi connectivity index (χ0n) is 10.4. The summed E-state index contributed by atoms with van der Waals surface area (Å²) in [6.45, 7) is 7.26. The van der Waals surface area contributed by atoms with E-state index in [9.17, 15) is 4.79 Å². The predicted molar refractivity (Wildman–Crippen MR) is 69.2 cm³/mol. The standard InChI is InChI=1S/C13H20N2O2/c1-3-15(4-2)10-11-5-7-12(8-6-11)14-9-13(16)17/h5-8,14H,3-4,9-10H2,1-2H3,(H,16,17). The lowest BCUT2D eigenvalue weighted by molar-refractivity contribution is -0.134. The van der Waals surface area contributed by atoms with Gasteiger partial charge in [-0.25, -0.2) is 0 Å². The molecule has 0 aromatic heterocycles. The Labute approximate surface area is 102 Å². The summed E-state index contributed by atoms with van der Waals surface area (Å²) < 4.78 is 0. The molecule has 0 saturated heterocycles. The Morgan fingerprint density at radius 2 is 1.82 bits per heavy atom. The minimum atomic E-state index is -0.850. The van der Waals surface area contributed by atoms with Crippen molar-refractivity contribution in [1.29, 1.82) is 0 Å². The van der Waals surface area contributed by atoms with E-state index in [2.05, 4.69) is 24.1 Å². The highest BCUT2D eigenvalue weighted by atomic mass is 16.4. The average Bonchev–Trinajstić information content (AvgIpc) is 2.34. The van der Waals surface area contributed by atoms with E-state index in [4.69, 9.17) is 5.11 Å². The summed E-state index contributed by atoms with van der Waals surface area (Å²) in [5, 5.41) is 11.4. The Hall–Kier alpha value is -1.55. The maximum Gasteiger partial charge on any atom is 0.322 e. The number of carbonyl (C=O) groups is 1. The lowest BCUT2D eigenvalue weighted by atomic mass is 10.2. The van der Waals surface area contributed by atoms with Crippen molar-refractivity contribution in [2.75, 3.05) is 25.0 Å². The van der Waals surface area contributed by atoms with E-state index in [1.807, 2.05) is 24.3 Å². The SMILES string of the molecule is CCN(CC)Cc1ccc(NCC(=O)O)cc1. The van der Waals surface area contributed by atoms with Gasteiger partial charge in [-0.2, -0.15) is 0 Å². The summed E-state index contributed by atoms with van der Waals surface area (Å²) >= 11 is 0. The number of nitrogens with zero attached hydrogens (tertiary/aromatic N) is 1. The molecule has 0 heterocycles.